The van der Waals surface area contributed by atoms with Crippen molar-refractivity contribution in [3.63, 3.8) is 0 Å². The van der Waals surface area contributed by atoms with Gasteiger partial charge in [0.05, 0.1) is 17.8 Å². The predicted molar refractivity (Wildman–Crippen MR) is 96.9 cm³/mol. The van der Waals surface area contributed by atoms with E-state index in [1.54, 1.807) is 4.68 Å². The van der Waals surface area contributed by atoms with Crippen LogP contribution in [-0.4, -0.2) is 27.3 Å². The Balaban J connectivity index is 1.56. The molecule has 132 valence electrons. The van der Waals surface area contributed by atoms with E-state index < -0.39 is 0 Å². The molecule has 25 heavy (non-hydrogen) atoms. The number of fused-ring (bicyclic) bond motifs is 1. The second-order valence-corrected chi connectivity index (χ2v) is 7.46. The number of likely N-dealkylation sites (tertiary alicyclic amines) is 1. The maximum Gasteiger partial charge on any atom is 0.318 e. The van der Waals surface area contributed by atoms with E-state index in [2.05, 4.69) is 39.6 Å². The molecule has 1 aromatic heterocycles. The van der Waals surface area contributed by atoms with Crippen molar-refractivity contribution in [2.45, 2.75) is 44.2 Å². The number of amides is 2. The van der Waals surface area contributed by atoms with Crippen LogP contribution in [-0.2, 0) is 12.6 Å². The Morgan fingerprint density at radius 2 is 2.12 bits per heavy atom. The van der Waals surface area contributed by atoms with Gasteiger partial charge in [-0.1, -0.05) is 43.2 Å². The number of nitrogens with zero attached hydrogens (tertiary/aromatic N) is 3. The Kier molecular flexibility index (Phi) is 4.02. The van der Waals surface area contributed by atoms with Gasteiger partial charge in [0.15, 0.2) is 0 Å². The molecular formula is C20H26N4O. The number of carbonyl (C=O) groups is 1. The number of hydrogen-bond donors (Lipinski definition) is 1. The summed E-state index contributed by atoms with van der Waals surface area (Å²) < 4.78 is 1.77. The van der Waals surface area contributed by atoms with E-state index in [1.807, 2.05) is 32.4 Å². The molecule has 1 aliphatic heterocycles. The zero-order valence-electron chi connectivity index (χ0n) is 15.0. The van der Waals surface area contributed by atoms with Crippen LogP contribution in [0.1, 0.15) is 49.8 Å². The normalized spacial score (nSPS) is 26.5. The lowest BCUT2D eigenvalue weighted by Crippen LogP contribution is -2.69. The molecule has 5 nitrogen and oxygen atoms in total. The van der Waals surface area contributed by atoms with Gasteiger partial charge < -0.3 is 10.2 Å². The van der Waals surface area contributed by atoms with Gasteiger partial charge in [0.1, 0.15) is 0 Å². The molecule has 0 spiro atoms. The third kappa shape index (κ3) is 2.62. The first-order chi connectivity index (χ1) is 12.1. The van der Waals surface area contributed by atoms with Crippen LogP contribution < -0.4 is 5.32 Å². The largest absolute Gasteiger partial charge is 0.331 e. The van der Waals surface area contributed by atoms with E-state index in [0.717, 1.165) is 18.5 Å². The molecule has 2 heterocycles. The molecule has 2 aliphatic rings. The molecular weight excluding hydrogens is 312 g/mol. The summed E-state index contributed by atoms with van der Waals surface area (Å²) in [5.74, 6) is 0.586. The zero-order valence-corrected chi connectivity index (χ0v) is 15.0. The maximum absolute atomic E-state index is 13.0. The summed E-state index contributed by atoms with van der Waals surface area (Å²) in [5.41, 5.74) is 2.21. The number of carbonyl (C=O) groups excluding carboxylic acids is 1. The lowest BCUT2D eigenvalue weighted by atomic mass is 9.62. The van der Waals surface area contributed by atoms with Crippen LogP contribution >= 0.6 is 0 Å². The molecule has 0 radical (unpaired) electrons. The highest BCUT2D eigenvalue weighted by Crippen LogP contribution is 2.53. The van der Waals surface area contributed by atoms with Gasteiger partial charge in [-0.3, -0.25) is 4.68 Å². The minimum absolute atomic E-state index is 0.0401. The van der Waals surface area contributed by atoms with E-state index in [1.165, 1.54) is 24.8 Å². The smallest absolute Gasteiger partial charge is 0.318 e. The lowest BCUT2D eigenvalue weighted by Gasteiger charge is -2.61. The molecule has 5 heteroatoms. The Hall–Kier alpha value is -2.30. The lowest BCUT2D eigenvalue weighted by molar-refractivity contribution is -0.0798. The van der Waals surface area contributed by atoms with Crippen LogP contribution in [0.25, 0.3) is 0 Å². The highest BCUT2D eigenvalue weighted by atomic mass is 16.2. The van der Waals surface area contributed by atoms with E-state index in [-0.39, 0.29) is 17.6 Å². The molecule has 1 N–H and O–H groups in total. The van der Waals surface area contributed by atoms with Crippen molar-refractivity contribution >= 4 is 6.03 Å². The van der Waals surface area contributed by atoms with Crippen molar-refractivity contribution in [3.05, 3.63) is 53.9 Å². The third-order valence-electron chi connectivity index (χ3n) is 6.00. The molecule has 2 fully saturated rings. The summed E-state index contributed by atoms with van der Waals surface area (Å²) in [7, 11) is 1.89. The molecule has 0 bridgehead atoms. The van der Waals surface area contributed by atoms with Crippen LogP contribution in [0.3, 0.4) is 0 Å². The van der Waals surface area contributed by atoms with E-state index in [0.29, 0.717) is 5.92 Å². The molecule has 2 aromatic rings. The quantitative estimate of drug-likeness (QED) is 0.930. The fourth-order valence-electron chi connectivity index (χ4n) is 4.63. The molecule has 1 saturated heterocycles. The van der Waals surface area contributed by atoms with Gasteiger partial charge in [0, 0.05) is 31.3 Å². The second kappa shape index (κ2) is 6.21. The van der Waals surface area contributed by atoms with Crippen LogP contribution in [0.2, 0.25) is 0 Å². The van der Waals surface area contributed by atoms with Crippen molar-refractivity contribution in [2.75, 3.05) is 6.54 Å². The molecule has 1 aromatic carbocycles. The van der Waals surface area contributed by atoms with Crippen molar-refractivity contribution < 1.29 is 4.79 Å². The Labute approximate surface area is 149 Å². The molecule has 0 unspecified atom stereocenters. The Morgan fingerprint density at radius 3 is 2.80 bits per heavy atom. The average molecular weight is 338 g/mol. The van der Waals surface area contributed by atoms with Gasteiger partial charge in [-0.15, -0.1) is 0 Å². The van der Waals surface area contributed by atoms with Crippen molar-refractivity contribution in [1.82, 2.24) is 20.0 Å². The molecule has 4 rings (SSSR count). The highest BCUT2D eigenvalue weighted by Gasteiger charge is 2.57. The summed E-state index contributed by atoms with van der Waals surface area (Å²) >= 11 is 0. The topological polar surface area (TPSA) is 50.2 Å². The molecule has 3 atom stereocenters. The summed E-state index contributed by atoms with van der Waals surface area (Å²) in [5, 5.41) is 7.38. The first kappa shape index (κ1) is 16.2. The molecule has 1 aliphatic carbocycles. The number of aromatic nitrogens is 2. The minimum Gasteiger partial charge on any atom is -0.331 e. The minimum atomic E-state index is -0.113. The van der Waals surface area contributed by atoms with Crippen molar-refractivity contribution in [1.29, 1.82) is 0 Å². The fourth-order valence-corrected chi connectivity index (χ4v) is 4.63. The van der Waals surface area contributed by atoms with Crippen LogP contribution in [0, 0.1) is 5.92 Å². The number of rotatable bonds is 3. The summed E-state index contributed by atoms with van der Waals surface area (Å²) in [6, 6.07) is 10.6. The SMILES string of the molecule is C[C@H](NC(=O)N1C[C@@H]2CCCC[C@]21c1ccccc1)c1cnn(C)c1. The first-order valence-electron chi connectivity index (χ1n) is 9.23. The number of benzene rings is 1. The van der Waals surface area contributed by atoms with Gasteiger partial charge in [-0.2, -0.15) is 5.10 Å². The maximum atomic E-state index is 13.0. The van der Waals surface area contributed by atoms with Crippen molar-refractivity contribution in [3.8, 4) is 0 Å². The van der Waals surface area contributed by atoms with Gasteiger partial charge in [0.2, 0.25) is 0 Å². The van der Waals surface area contributed by atoms with E-state index >= 15 is 0 Å². The second-order valence-electron chi connectivity index (χ2n) is 7.46. The summed E-state index contributed by atoms with van der Waals surface area (Å²) in [6.45, 7) is 2.88. The van der Waals surface area contributed by atoms with E-state index in [9.17, 15) is 4.79 Å². The van der Waals surface area contributed by atoms with Gasteiger partial charge >= 0.3 is 6.03 Å². The van der Waals surface area contributed by atoms with Gasteiger partial charge in [0.25, 0.3) is 0 Å². The standard InChI is InChI=1S/C20H26N4O/c1-15(16-12-21-23(2)13-16)22-19(25)24-14-18-10-6-7-11-20(18,24)17-8-4-3-5-9-17/h3-5,8-9,12-13,15,18H,6-7,10-11,14H2,1-2H3,(H,22,25)/t15-,18-,20-/m0/s1. The molecule has 2 amide bonds. The summed E-state index contributed by atoms with van der Waals surface area (Å²) in [6.07, 6.45) is 8.52. The van der Waals surface area contributed by atoms with Gasteiger partial charge in [-0.25, -0.2) is 4.79 Å². The monoisotopic (exact) mass is 338 g/mol. The number of hydrogen-bond acceptors (Lipinski definition) is 2. The first-order valence-corrected chi connectivity index (χ1v) is 9.23. The highest BCUT2D eigenvalue weighted by molar-refractivity contribution is 5.77. The van der Waals surface area contributed by atoms with Crippen LogP contribution in [0.15, 0.2) is 42.7 Å². The van der Waals surface area contributed by atoms with Crippen molar-refractivity contribution in [2.24, 2.45) is 13.0 Å². The van der Waals surface area contributed by atoms with E-state index in [4.69, 9.17) is 0 Å². The average Bonchev–Trinajstić information content (AvgIpc) is 3.03. The Morgan fingerprint density at radius 1 is 1.32 bits per heavy atom. The Bertz CT molecular complexity index is 756. The van der Waals surface area contributed by atoms with Crippen LogP contribution in [0.4, 0.5) is 4.79 Å². The van der Waals surface area contributed by atoms with Crippen LogP contribution in [0.5, 0.6) is 0 Å². The zero-order chi connectivity index (χ0) is 17.4. The fraction of sp³-hybridized carbons (Fsp3) is 0.500. The molecule has 1 saturated carbocycles. The number of urea groups is 1. The number of nitrogens with one attached hydrogen (secondary N) is 1. The van der Waals surface area contributed by atoms with Gasteiger partial charge in [-0.05, 0) is 25.3 Å². The predicted octanol–water partition coefficient (Wildman–Crippen LogP) is 3.59. The third-order valence-corrected chi connectivity index (χ3v) is 6.00. The summed E-state index contributed by atoms with van der Waals surface area (Å²) in [4.78, 5) is 15.1. The number of aryl methyl sites for hydroxylation is 1.